The molecule has 0 bridgehead atoms. The van der Waals surface area contributed by atoms with E-state index in [4.69, 9.17) is 5.73 Å². The Bertz CT molecular complexity index is 730. The van der Waals surface area contributed by atoms with Gasteiger partial charge in [0, 0.05) is 47.2 Å². The van der Waals surface area contributed by atoms with Crippen LogP contribution in [0, 0.1) is 0 Å². The van der Waals surface area contributed by atoms with Crippen LogP contribution in [0.2, 0.25) is 0 Å². The number of hydrogen-bond acceptors (Lipinski definition) is 3. The highest BCUT2D eigenvalue weighted by Crippen LogP contribution is 2.35. The van der Waals surface area contributed by atoms with Crippen molar-refractivity contribution >= 4 is 5.70 Å². The molecule has 3 rings (SSSR count). The van der Waals surface area contributed by atoms with Gasteiger partial charge in [-0.05, 0) is 18.2 Å². The predicted molar refractivity (Wildman–Crippen MR) is 80.5 cm³/mol. The lowest BCUT2D eigenvalue weighted by Crippen LogP contribution is -1.97. The molecule has 20 heavy (non-hydrogen) atoms. The predicted octanol–water partition coefficient (Wildman–Crippen LogP) is 3.07. The van der Waals surface area contributed by atoms with Crippen LogP contribution >= 0.6 is 0 Å². The summed E-state index contributed by atoms with van der Waals surface area (Å²) in [6.07, 6.45) is 7.24. The van der Waals surface area contributed by atoms with Crippen molar-refractivity contribution in [2.24, 2.45) is 5.73 Å². The van der Waals surface area contributed by atoms with E-state index >= 15 is 0 Å². The summed E-state index contributed by atoms with van der Waals surface area (Å²) in [4.78, 5) is 11.8. The Labute approximate surface area is 117 Å². The fraction of sp³-hybridized carbons (Fsp3) is 0. The molecule has 0 radical (unpaired) electrons. The van der Waals surface area contributed by atoms with Crippen molar-refractivity contribution in [3.05, 3.63) is 67.4 Å². The minimum absolute atomic E-state index is 0.487. The SMILES string of the molecule is C=C(N)c1[nH]cc(-c2cccnc2)c1-c1ccccn1. The van der Waals surface area contributed by atoms with Crippen molar-refractivity contribution in [2.45, 2.75) is 0 Å². The first-order valence-corrected chi connectivity index (χ1v) is 6.25. The zero-order valence-electron chi connectivity index (χ0n) is 10.9. The first kappa shape index (κ1) is 12.2. The van der Waals surface area contributed by atoms with Crippen LogP contribution in [0.5, 0.6) is 0 Å². The third-order valence-electron chi connectivity index (χ3n) is 3.09. The quantitative estimate of drug-likeness (QED) is 0.762. The lowest BCUT2D eigenvalue weighted by atomic mass is 10.0. The van der Waals surface area contributed by atoms with Crippen LogP contribution in [0.15, 0.2) is 61.7 Å². The molecule has 0 aliphatic carbocycles. The normalized spacial score (nSPS) is 10.4. The zero-order valence-corrected chi connectivity index (χ0v) is 10.9. The highest BCUT2D eigenvalue weighted by Gasteiger charge is 2.16. The molecule has 0 unspecified atom stereocenters. The summed E-state index contributed by atoms with van der Waals surface area (Å²) >= 11 is 0. The van der Waals surface area contributed by atoms with Gasteiger partial charge in [-0.2, -0.15) is 0 Å². The number of hydrogen-bond donors (Lipinski definition) is 2. The second-order valence-electron chi connectivity index (χ2n) is 4.43. The van der Waals surface area contributed by atoms with E-state index in [0.29, 0.717) is 5.70 Å². The molecule has 0 spiro atoms. The van der Waals surface area contributed by atoms with Crippen LogP contribution in [-0.4, -0.2) is 15.0 Å². The van der Waals surface area contributed by atoms with Gasteiger partial charge in [-0.25, -0.2) is 0 Å². The monoisotopic (exact) mass is 262 g/mol. The summed E-state index contributed by atoms with van der Waals surface area (Å²) < 4.78 is 0. The van der Waals surface area contributed by atoms with E-state index < -0.39 is 0 Å². The largest absolute Gasteiger partial charge is 0.398 e. The molecule has 0 atom stereocenters. The van der Waals surface area contributed by atoms with Gasteiger partial charge >= 0.3 is 0 Å². The molecule has 0 aromatic carbocycles. The summed E-state index contributed by atoms with van der Waals surface area (Å²) in [5.74, 6) is 0. The molecule has 0 saturated heterocycles. The summed E-state index contributed by atoms with van der Waals surface area (Å²) in [7, 11) is 0. The molecule has 0 saturated carbocycles. The van der Waals surface area contributed by atoms with Gasteiger partial charge in [0.25, 0.3) is 0 Å². The maximum Gasteiger partial charge on any atom is 0.0730 e. The van der Waals surface area contributed by atoms with Gasteiger partial charge in [0.05, 0.1) is 11.4 Å². The number of nitrogens with two attached hydrogens (primary N) is 1. The van der Waals surface area contributed by atoms with Crippen LogP contribution < -0.4 is 5.73 Å². The number of nitrogens with one attached hydrogen (secondary N) is 1. The molecule has 0 amide bonds. The lowest BCUT2D eigenvalue weighted by molar-refractivity contribution is 1.29. The Balaban J connectivity index is 2.25. The standard InChI is InChI=1S/C16H14N4/c1-11(17)16-15(14-6-2-3-8-19-14)13(10-20-16)12-5-4-7-18-9-12/h2-10,20H,1,17H2. The molecule has 0 aliphatic heterocycles. The van der Waals surface area contributed by atoms with Gasteiger partial charge in [-0.3, -0.25) is 9.97 Å². The molecular weight excluding hydrogens is 248 g/mol. The van der Waals surface area contributed by atoms with E-state index in [1.165, 1.54) is 0 Å². The van der Waals surface area contributed by atoms with Gasteiger partial charge in [0.1, 0.15) is 0 Å². The van der Waals surface area contributed by atoms with Crippen LogP contribution in [0.1, 0.15) is 5.69 Å². The van der Waals surface area contributed by atoms with E-state index in [1.54, 1.807) is 12.4 Å². The Morgan fingerprint density at radius 1 is 1.15 bits per heavy atom. The molecule has 3 aromatic heterocycles. The molecule has 3 aromatic rings. The zero-order chi connectivity index (χ0) is 13.9. The third-order valence-corrected chi connectivity index (χ3v) is 3.09. The molecule has 4 nitrogen and oxygen atoms in total. The summed E-state index contributed by atoms with van der Waals surface area (Å²) in [6.45, 7) is 3.82. The summed E-state index contributed by atoms with van der Waals surface area (Å²) in [5, 5.41) is 0. The summed E-state index contributed by atoms with van der Waals surface area (Å²) in [5.41, 5.74) is 11.0. The number of aromatic nitrogens is 3. The van der Waals surface area contributed by atoms with Gasteiger partial charge in [0.15, 0.2) is 0 Å². The van der Waals surface area contributed by atoms with Gasteiger partial charge in [-0.15, -0.1) is 0 Å². The minimum atomic E-state index is 0.487. The molecule has 98 valence electrons. The maximum absolute atomic E-state index is 5.87. The van der Waals surface area contributed by atoms with Gasteiger partial charge in [0.2, 0.25) is 0 Å². The molecule has 3 N–H and O–H groups in total. The molecular formula is C16H14N4. The fourth-order valence-corrected chi connectivity index (χ4v) is 2.20. The topological polar surface area (TPSA) is 67.6 Å². The van der Waals surface area contributed by atoms with Crippen molar-refractivity contribution in [3.8, 4) is 22.4 Å². The lowest BCUT2D eigenvalue weighted by Gasteiger charge is -2.07. The Hall–Kier alpha value is -2.88. The average Bonchev–Trinajstić information content (AvgIpc) is 2.94. The Morgan fingerprint density at radius 2 is 2.05 bits per heavy atom. The van der Waals surface area contributed by atoms with Gasteiger partial charge in [-0.1, -0.05) is 18.7 Å². The molecule has 4 heteroatoms. The minimum Gasteiger partial charge on any atom is -0.398 e. The van der Waals surface area contributed by atoms with Crippen molar-refractivity contribution in [3.63, 3.8) is 0 Å². The van der Waals surface area contributed by atoms with Crippen LogP contribution in [-0.2, 0) is 0 Å². The highest BCUT2D eigenvalue weighted by atomic mass is 14.8. The van der Waals surface area contributed by atoms with Gasteiger partial charge < -0.3 is 10.7 Å². The first-order chi connectivity index (χ1) is 9.77. The first-order valence-electron chi connectivity index (χ1n) is 6.25. The number of nitrogens with zero attached hydrogens (tertiary/aromatic N) is 2. The van der Waals surface area contributed by atoms with Crippen molar-refractivity contribution in [1.29, 1.82) is 0 Å². The highest BCUT2D eigenvalue weighted by molar-refractivity contribution is 5.89. The van der Waals surface area contributed by atoms with Crippen molar-refractivity contribution < 1.29 is 0 Å². The Kier molecular flexibility index (Phi) is 3.05. The van der Waals surface area contributed by atoms with Crippen LogP contribution in [0.25, 0.3) is 28.1 Å². The van der Waals surface area contributed by atoms with Crippen LogP contribution in [0.4, 0.5) is 0 Å². The van der Waals surface area contributed by atoms with E-state index in [9.17, 15) is 0 Å². The van der Waals surface area contributed by atoms with Crippen molar-refractivity contribution in [1.82, 2.24) is 15.0 Å². The second-order valence-corrected chi connectivity index (χ2v) is 4.43. The fourth-order valence-electron chi connectivity index (χ4n) is 2.20. The van der Waals surface area contributed by atoms with Crippen LogP contribution in [0.3, 0.4) is 0 Å². The van der Waals surface area contributed by atoms with E-state index in [1.807, 2.05) is 42.7 Å². The maximum atomic E-state index is 5.87. The smallest absolute Gasteiger partial charge is 0.0730 e. The third kappa shape index (κ3) is 2.07. The van der Waals surface area contributed by atoms with Crippen molar-refractivity contribution in [2.75, 3.05) is 0 Å². The molecule has 0 aliphatic rings. The molecule has 3 heterocycles. The van der Waals surface area contributed by atoms with E-state index in [-0.39, 0.29) is 0 Å². The number of aromatic amines is 1. The second kappa shape index (κ2) is 5.01. The average molecular weight is 262 g/mol. The number of pyridine rings is 2. The number of rotatable bonds is 3. The summed E-state index contributed by atoms with van der Waals surface area (Å²) in [6, 6.07) is 9.70. The van der Waals surface area contributed by atoms with E-state index in [2.05, 4.69) is 21.5 Å². The Morgan fingerprint density at radius 3 is 2.70 bits per heavy atom. The number of H-pyrrole nitrogens is 1. The van der Waals surface area contributed by atoms with E-state index in [0.717, 1.165) is 28.1 Å². The molecule has 0 fully saturated rings.